The van der Waals surface area contributed by atoms with Gasteiger partial charge in [0.25, 0.3) is 11.5 Å². The number of nitrogens with one attached hydrogen (secondary N) is 2. The number of nitrogens with zero attached hydrogens (tertiary/aromatic N) is 3. The number of amides is 1. The molecule has 156 valence electrons. The van der Waals surface area contributed by atoms with Crippen LogP contribution >= 0.6 is 15.9 Å². The fourth-order valence-electron chi connectivity index (χ4n) is 3.38. The van der Waals surface area contributed by atoms with Crippen molar-refractivity contribution in [3.05, 3.63) is 105 Å². The Bertz CT molecular complexity index is 1530. The van der Waals surface area contributed by atoms with Crippen LogP contribution in [-0.2, 0) is 0 Å². The number of fused-ring (bicyclic) bond motifs is 2. The third kappa shape index (κ3) is 3.72. The van der Waals surface area contributed by atoms with E-state index in [1.54, 1.807) is 42.6 Å². The molecule has 2 aromatic heterocycles. The Morgan fingerprint density at radius 1 is 0.875 bits per heavy atom. The highest BCUT2D eigenvalue weighted by molar-refractivity contribution is 9.10. The van der Waals surface area contributed by atoms with Crippen molar-refractivity contribution in [2.45, 2.75) is 0 Å². The molecule has 3 aromatic carbocycles. The minimum absolute atomic E-state index is 0.201. The van der Waals surface area contributed by atoms with Crippen molar-refractivity contribution in [1.29, 1.82) is 0 Å². The van der Waals surface area contributed by atoms with Gasteiger partial charge < -0.3 is 10.6 Å². The smallest absolute Gasteiger partial charge is 0.266 e. The summed E-state index contributed by atoms with van der Waals surface area (Å²) >= 11 is 3.48. The number of rotatable bonds is 4. The van der Waals surface area contributed by atoms with Gasteiger partial charge in [-0.1, -0.05) is 42.5 Å². The normalized spacial score (nSPS) is 10.9. The van der Waals surface area contributed by atoms with Gasteiger partial charge >= 0.3 is 0 Å². The molecule has 0 atom stereocenters. The molecule has 2 N–H and O–H groups in total. The van der Waals surface area contributed by atoms with Gasteiger partial charge in [-0.15, -0.1) is 0 Å². The fraction of sp³-hybridized carbons (Fsp3) is 0. The van der Waals surface area contributed by atoms with E-state index in [9.17, 15) is 9.59 Å². The Morgan fingerprint density at radius 3 is 2.44 bits per heavy atom. The zero-order valence-electron chi connectivity index (χ0n) is 16.6. The molecule has 0 aliphatic rings. The number of hydrogen-bond acceptors (Lipinski definition) is 5. The molecule has 5 rings (SSSR count). The lowest BCUT2D eigenvalue weighted by molar-refractivity contribution is 0.102. The second-order valence-corrected chi connectivity index (χ2v) is 7.89. The van der Waals surface area contributed by atoms with E-state index in [1.165, 1.54) is 4.40 Å². The van der Waals surface area contributed by atoms with Crippen LogP contribution in [0.5, 0.6) is 0 Å². The molecule has 32 heavy (non-hydrogen) atoms. The highest BCUT2D eigenvalue weighted by Crippen LogP contribution is 2.27. The van der Waals surface area contributed by atoms with Crippen LogP contribution in [0.3, 0.4) is 0 Å². The fourth-order valence-corrected chi connectivity index (χ4v) is 3.78. The molecule has 0 saturated carbocycles. The Hall–Kier alpha value is -4.04. The van der Waals surface area contributed by atoms with Gasteiger partial charge in [0.1, 0.15) is 5.82 Å². The van der Waals surface area contributed by atoms with Crippen molar-refractivity contribution in [3.8, 4) is 0 Å². The quantitative estimate of drug-likeness (QED) is 0.349. The summed E-state index contributed by atoms with van der Waals surface area (Å²) in [5.41, 5.74) is 2.09. The second-order valence-electron chi connectivity index (χ2n) is 7.03. The lowest BCUT2D eigenvalue weighted by atomic mass is 10.1. The monoisotopic (exact) mass is 485 g/mol. The molecule has 0 spiro atoms. The number of carbonyl (C=O) groups is 1. The minimum atomic E-state index is -0.253. The molecule has 0 saturated heterocycles. The predicted molar refractivity (Wildman–Crippen MR) is 129 cm³/mol. The topological polar surface area (TPSA) is 88.4 Å². The molecule has 7 nitrogen and oxygen atoms in total. The predicted octanol–water partition coefficient (Wildman–Crippen LogP) is 5.00. The van der Waals surface area contributed by atoms with E-state index in [0.29, 0.717) is 38.1 Å². The highest BCUT2D eigenvalue weighted by atomic mass is 79.9. The summed E-state index contributed by atoms with van der Waals surface area (Å²) in [4.78, 5) is 34.7. The largest absolute Gasteiger partial charge is 0.338 e. The molecule has 2 heterocycles. The molecule has 8 heteroatoms. The molecule has 0 radical (unpaired) electrons. The van der Waals surface area contributed by atoms with Crippen molar-refractivity contribution in [3.63, 3.8) is 0 Å². The summed E-state index contributed by atoms with van der Waals surface area (Å²) in [6, 6.07) is 23.5. The van der Waals surface area contributed by atoms with Gasteiger partial charge in [-0.05, 0) is 52.3 Å². The van der Waals surface area contributed by atoms with Gasteiger partial charge in [0.2, 0.25) is 5.78 Å². The lowest BCUT2D eigenvalue weighted by Crippen LogP contribution is -2.17. The maximum atomic E-state index is 12.9. The van der Waals surface area contributed by atoms with Crippen LogP contribution < -0.4 is 16.2 Å². The average molecular weight is 486 g/mol. The third-order valence-electron chi connectivity index (χ3n) is 4.93. The van der Waals surface area contributed by atoms with E-state index < -0.39 is 0 Å². The molecule has 0 fully saturated rings. The SMILES string of the molecule is O=C(Nc1ccccc1)c1ccccc1Nc1nc2nc3ccccc3c(=O)n2cc1Br. The van der Waals surface area contributed by atoms with Crippen LogP contribution in [0.25, 0.3) is 16.7 Å². The van der Waals surface area contributed by atoms with Crippen molar-refractivity contribution in [2.75, 3.05) is 10.6 Å². The van der Waals surface area contributed by atoms with E-state index >= 15 is 0 Å². The standard InChI is InChI=1S/C24H16BrN5O2/c25-18-14-30-23(32)17-11-5-7-13-20(17)28-24(30)29-21(18)27-19-12-6-4-10-16(19)22(31)26-15-8-2-1-3-9-15/h1-14H,(H,26,31)(H,27,28,29). The molecule has 0 bridgehead atoms. The highest BCUT2D eigenvalue weighted by Gasteiger charge is 2.15. The number of para-hydroxylation sites is 3. The molecule has 1 amide bonds. The Morgan fingerprint density at radius 2 is 1.59 bits per heavy atom. The van der Waals surface area contributed by atoms with Gasteiger partial charge in [0.15, 0.2) is 0 Å². The van der Waals surface area contributed by atoms with Crippen molar-refractivity contribution < 1.29 is 4.79 Å². The number of benzene rings is 3. The van der Waals surface area contributed by atoms with Gasteiger partial charge in [-0.25, -0.2) is 4.98 Å². The van der Waals surface area contributed by atoms with Crippen LogP contribution in [0.4, 0.5) is 17.2 Å². The van der Waals surface area contributed by atoms with Gasteiger partial charge in [-0.2, -0.15) is 4.98 Å². The summed E-state index contributed by atoms with van der Waals surface area (Å²) in [6.45, 7) is 0. The summed E-state index contributed by atoms with van der Waals surface area (Å²) in [5, 5.41) is 6.60. The molecule has 0 aliphatic carbocycles. The minimum Gasteiger partial charge on any atom is -0.338 e. The molecular weight excluding hydrogens is 470 g/mol. The zero-order chi connectivity index (χ0) is 22.1. The summed E-state index contributed by atoms with van der Waals surface area (Å²) in [7, 11) is 0. The maximum Gasteiger partial charge on any atom is 0.266 e. The molecule has 0 unspecified atom stereocenters. The first-order valence-corrected chi connectivity index (χ1v) is 10.6. The molecule has 5 aromatic rings. The van der Waals surface area contributed by atoms with Crippen LogP contribution in [0.2, 0.25) is 0 Å². The Balaban J connectivity index is 1.53. The van der Waals surface area contributed by atoms with Gasteiger partial charge in [-0.3, -0.25) is 14.0 Å². The first-order chi connectivity index (χ1) is 15.6. The average Bonchev–Trinajstić information content (AvgIpc) is 2.81. The maximum absolute atomic E-state index is 12.9. The number of carbonyl (C=O) groups excluding carboxylic acids is 1. The van der Waals surface area contributed by atoms with E-state index in [2.05, 4.69) is 36.5 Å². The summed E-state index contributed by atoms with van der Waals surface area (Å²) < 4.78 is 1.95. The van der Waals surface area contributed by atoms with Crippen molar-refractivity contribution in [1.82, 2.24) is 14.4 Å². The Kier molecular flexibility index (Phi) is 5.12. The Labute approximate surface area is 190 Å². The first-order valence-electron chi connectivity index (χ1n) is 9.80. The van der Waals surface area contributed by atoms with Crippen LogP contribution in [0.1, 0.15) is 10.4 Å². The third-order valence-corrected chi connectivity index (χ3v) is 5.51. The van der Waals surface area contributed by atoms with Crippen LogP contribution in [-0.4, -0.2) is 20.3 Å². The van der Waals surface area contributed by atoms with Crippen molar-refractivity contribution >= 4 is 55.7 Å². The summed E-state index contributed by atoms with van der Waals surface area (Å²) in [6.07, 6.45) is 1.62. The van der Waals surface area contributed by atoms with Gasteiger partial charge in [0, 0.05) is 11.9 Å². The van der Waals surface area contributed by atoms with Crippen LogP contribution in [0, 0.1) is 0 Å². The van der Waals surface area contributed by atoms with Crippen LogP contribution in [0.15, 0.2) is 94.3 Å². The first kappa shape index (κ1) is 19.9. The van der Waals surface area contributed by atoms with E-state index in [4.69, 9.17) is 0 Å². The zero-order valence-corrected chi connectivity index (χ0v) is 18.2. The number of halogens is 1. The number of aromatic nitrogens is 3. The van der Waals surface area contributed by atoms with Gasteiger partial charge in [0.05, 0.1) is 26.6 Å². The number of hydrogen-bond donors (Lipinski definition) is 2. The molecule has 0 aliphatic heterocycles. The summed E-state index contributed by atoms with van der Waals surface area (Å²) in [5.74, 6) is 0.439. The number of anilines is 3. The second kappa shape index (κ2) is 8.24. The van der Waals surface area contributed by atoms with E-state index in [1.807, 2.05) is 42.5 Å². The molecular formula is C24H16BrN5O2. The van der Waals surface area contributed by atoms with E-state index in [0.717, 1.165) is 0 Å². The van der Waals surface area contributed by atoms with Crippen molar-refractivity contribution in [2.24, 2.45) is 0 Å². The van der Waals surface area contributed by atoms with E-state index in [-0.39, 0.29) is 17.2 Å². The lowest BCUT2D eigenvalue weighted by Gasteiger charge is -2.13.